The minimum Gasteiger partial charge on any atom is -0.497 e. The van der Waals surface area contributed by atoms with Gasteiger partial charge in [0.2, 0.25) is 5.91 Å². The summed E-state index contributed by atoms with van der Waals surface area (Å²) >= 11 is 0. The van der Waals surface area contributed by atoms with Gasteiger partial charge in [-0.15, -0.1) is 0 Å². The van der Waals surface area contributed by atoms with Crippen molar-refractivity contribution in [2.24, 2.45) is 7.05 Å². The van der Waals surface area contributed by atoms with Crippen molar-refractivity contribution in [1.29, 1.82) is 0 Å². The number of nitrogens with zero attached hydrogens (tertiary/aromatic N) is 3. The summed E-state index contributed by atoms with van der Waals surface area (Å²) in [5, 5.41) is 7.58. The molecule has 1 heterocycles. The van der Waals surface area contributed by atoms with E-state index in [-0.39, 0.29) is 5.91 Å². The van der Waals surface area contributed by atoms with Crippen LogP contribution in [0.4, 0.5) is 0 Å². The summed E-state index contributed by atoms with van der Waals surface area (Å²) in [5.41, 5.74) is 5.21. The molecule has 6 heteroatoms. The second-order valence-corrected chi connectivity index (χ2v) is 7.38. The van der Waals surface area contributed by atoms with Crippen molar-refractivity contribution in [3.63, 3.8) is 0 Å². The molecule has 0 atom stereocenters. The third kappa shape index (κ3) is 5.68. The van der Waals surface area contributed by atoms with Crippen molar-refractivity contribution < 1.29 is 9.53 Å². The van der Waals surface area contributed by atoms with E-state index in [0.29, 0.717) is 13.0 Å². The van der Waals surface area contributed by atoms with Gasteiger partial charge in [-0.3, -0.25) is 9.48 Å². The summed E-state index contributed by atoms with van der Waals surface area (Å²) in [5.74, 6) is 0.785. The Kier molecular flexibility index (Phi) is 6.67. The van der Waals surface area contributed by atoms with Crippen LogP contribution >= 0.6 is 0 Å². The van der Waals surface area contributed by atoms with Crippen molar-refractivity contribution in [3.8, 4) is 17.0 Å². The highest BCUT2D eigenvalue weighted by Gasteiger charge is 2.09. The summed E-state index contributed by atoms with van der Waals surface area (Å²) in [6, 6.07) is 17.8. The van der Waals surface area contributed by atoms with E-state index < -0.39 is 0 Å². The number of aromatic nitrogens is 2. The van der Waals surface area contributed by atoms with E-state index in [2.05, 4.69) is 21.4 Å². The fourth-order valence-corrected chi connectivity index (χ4v) is 3.10. The molecule has 0 aliphatic carbocycles. The normalized spacial score (nSPS) is 10.9. The lowest BCUT2D eigenvalue weighted by atomic mass is 10.1. The molecule has 152 valence electrons. The lowest BCUT2D eigenvalue weighted by Crippen LogP contribution is -2.24. The molecule has 0 fully saturated rings. The molecule has 0 saturated carbocycles. The summed E-state index contributed by atoms with van der Waals surface area (Å²) in [7, 11) is 7.69. The zero-order chi connectivity index (χ0) is 20.8. The molecule has 1 N–H and O–H groups in total. The maximum absolute atomic E-state index is 12.2. The fourth-order valence-electron chi connectivity index (χ4n) is 3.10. The molecular weight excluding hydrogens is 364 g/mol. The highest BCUT2D eigenvalue weighted by Crippen LogP contribution is 2.20. The van der Waals surface area contributed by atoms with E-state index in [1.54, 1.807) is 7.11 Å². The number of hydrogen-bond donors (Lipinski definition) is 1. The number of rotatable bonds is 8. The Morgan fingerprint density at radius 3 is 2.34 bits per heavy atom. The summed E-state index contributed by atoms with van der Waals surface area (Å²) in [4.78, 5) is 14.3. The van der Waals surface area contributed by atoms with Crippen LogP contribution in [-0.2, 0) is 31.4 Å². The number of aryl methyl sites for hydroxylation is 1. The molecule has 3 aromatic rings. The van der Waals surface area contributed by atoms with Gasteiger partial charge in [0.05, 0.1) is 24.9 Å². The first kappa shape index (κ1) is 20.6. The van der Waals surface area contributed by atoms with Gasteiger partial charge in [-0.25, -0.2) is 0 Å². The second-order valence-electron chi connectivity index (χ2n) is 7.38. The SMILES string of the molecule is COc1ccc(CC(=O)NCc2ccc(-c3cc(CN(C)C)n(C)n3)cc2)cc1. The first-order valence-corrected chi connectivity index (χ1v) is 9.61. The number of methoxy groups -OCH3 is 1. The topological polar surface area (TPSA) is 59.4 Å². The number of ether oxygens (including phenoxy) is 1. The van der Waals surface area contributed by atoms with Crippen LogP contribution in [0.2, 0.25) is 0 Å². The van der Waals surface area contributed by atoms with Crippen LogP contribution < -0.4 is 10.1 Å². The van der Waals surface area contributed by atoms with Gasteiger partial charge in [0.15, 0.2) is 0 Å². The van der Waals surface area contributed by atoms with Crippen molar-refractivity contribution in [3.05, 3.63) is 71.4 Å². The Bertz CT molecular complexity index is 944. The number of nitrogens with one attached hydrogen (secondary N) is 1. The zero-order valence-corrected chi connectivity index (χ0v) is 17.5. The van der Waals surface area contributed by atoms with Crippen LogP contribution in [0.15, 0.2) is 54.6 Å². The van der Waals surface area contributed by atoms with Crippen molar-refractivity contribution in [2.75, 3.05) is 21.2 Å². The predicted octanol–water partition coefficient (Wildman–Crippen LogP) is 3.02. The minimum absolute atomic E-state index is 0.00250. The van der Waals surface area contributed by atoms with Crippen LogP contribution in [0.1, 0.15) is 16.8 Å². The van der Waals surface area contributed by atoms with Crippen LogP contribution in [0, 0.1) is 0 Å². The van der Waals surface area contributed by atoms with Crippen LogP contribution in [0.5, 0.6) is 5.75 Å². The highest BCUT2D eigenvalue weighted by molar-refractivity contribution is 5.78. The van der Waals surface area contributed by atoms with E-state index in [1.165, 1.54) is 5.69 Å². The summed E-state index contributed by atoms with van der Waals surface area (Å²) < 4.78 is 7.06. The number of hydrogen-bond acceptors (Lipinski definition) is 4. The molecule has 1 aromatic heterocycles. The van der Waals surface area contributed by atoms with Gasteiger partial charge in [-0.05, 0) is 43.4 Å². The largest absolute Gasteiger partial charge is 0.497 e. The molecule has 0 aliphatic rings. The van der Waals surface area contributed by atoms with E-state index in [1.807, 2.05) is 74.4 Å². The second kappa shape index (κ2) is 9.39. The first-order valence-electron chi connectivity index (χ1n) is 9.61. The summed E-state index contributed by atoms with van der Waals surface area (Å²) in [6.07, 6.45) is 0.352. The van der Waals surface area contributed by atoms with Gasteiger partial charge in [0.25, 0.3) is 0 Å². The van der Waals surface area contributed by atoms with Gasteiger partial charge >= 0.3 is 0 Å². The Labute approximate surface area is 172 Å². The number of carbonyl (C=O) groups is 1. The van der Waals surface area contributed by atoms with Gasteiger partial charge in [-0.1, -0.05) is 36.4 Å². The van der Waals surface area contributed by atoms with Crippen molar-refractivity contribution in [1.82, 2.24) is 20.0 Å². The smallest absolute Gasteiger partial charge is 0.224 e. The molecule has 0 unspecified atom stereocenters. The lowest BCUT2D eigenvalue weighted by molar-refractivity contribution is -0.120. The first-order chi connectivity index (χ1) is 13.9. The van der Waals surface area contributed by atoms with E-state index >= 15 is 0 Å². The van der Waals surface area contributed by atoms with Gasteiger partial charge in [-0.2, -0.15) is 5.10 Å². The van der Waals surface area contributed by atoms with Gasteiger partial charge in [0, 0.05) is 25.7 Å². The monoisotopic (exact) mass is 392 g/mol. The molecule has 29 heavy (non-hydrogen) atoms. The Morgan fingerprint density at radius 1 is 1.07 bits per heavy atom. The zero-order valence-electron chi connectivity index (χ0n) is 17.5. The van der Waals surface area contributed by atoms with Crippen molar-refractivity contribution in [2.45, 2.75) is 19.5 Å². The van der Waals surface area contributed by atoms with E-state index in [0.717, 1.165) is 34.7 Å². The molecule has 6 nitrogen and oxygen atoms in total. The Balaban J connectivity index is 1.55. The third-order valence-corrected chi connectivity index (χ3v) is 4.72. The van der Waals surface area contributed by atoms with Crippen LogP contribution in [-0.4, -0.2) is 41.8 Å². The lowest BCUT2D eigenvalue weighted by Gasteiger charge is -2.08. The maximum atomic E-state index is 12.2. The number of carbonyl (C=O) groups excluding carboxylic acids is 1. The molecule has 2 aromatic carbocycles. The molecule has 0 radical (unpaired) electrons. The molecule has 0 spiro atoms. The molecule has 3 rings (SSSR count). The number of benzene rings is 2. The Hall–Kier alpha value is -3.12. The predicted molar refractivity (Wildman–Crippen MR) is 115 cm³/mol. The average Bonchev–Trinajstić information content (AvgIpc) is 3.07. The number of amides is 1. The maximum Gasteiger partial charge on any atom is 0.224 e. The standard InChI is InChI=1S/C23H28N4O2/c1-26(2)16-20-14-22(25-27(20)3)19-9-5-18(6-10-19)15-24-23(28)13-17-7-11-21(29-4)12-8-17/h5-12,14H,13,15-16H2,1-4H3,(H,24,28). The fraction of sp³-hybridized carbons (Fsp3) is 0.304. The van der Waals surface area contributed by atoms with Gasteiger partial charge < -0.3 is 15.0 Å². The minimum atomic E-state index is -0.00250. The van der Waals surface area contributed by atoms with E-state index in [9.17, 15) is 4.79 Å². The average molecular weight is 393 g/mol. The molecule has 0 aliphatic heterocycles. The Morgan fingerprint density at radius 2 is 1.72 bits per heavy atom. The van der Waals surface area contributed by atoms with Crippen LogP contribution in [0.25, 0.3) is 11.3 Å². The van der Waals surface area contributed by atoms with E-state index in [4.69, 9.17) is 4.74 Å². The quantitative estimate of drug-likeness (QED) is 0.640. The van der Waals surface area contributed by atoms with Crippen LogP contribution in [0.3, 0.4) is 0 Å². The molecule has 0 bridgehead atoms. The molecule has 0 saturated heterocycles. The highest BCUT2D eigenvalue weighted by atomic mass is 16.5. The van der Waals surface area contributed by atoms with Crippen molar-refractivity contribution >= 4 is 5.91 Å². The van der Waals surface area contributed by atoms with Gasteiger partial charge in [0.1, 0.15) is 5.75 Å². The third-order valence-electron chi connectivity index (χ3n) is 4.72. The molecular formula is C23H28N4O2. The molecule has 1 amide bonds. The summed E-state index contributed by atoms with van der Waals surface area (Å²) in [6.45, 7) is 1.35.